The minimum absolute atomic E-state index is 0. The number of ether oxygens (including phenoxy) is 1. The van der Waals surface area contributed by atoms with Crippen molar-refractivity contribution < 1.29 is 4.74 Å². The van der Waals surface area contributed by atoms with E-state index in [0.29, 0.717) is 17.5 Å². The number of halogens is 2. The number of hydrogen-bond acceptors (Lipinski definition) is 3. The fraction of sp³-hybridized carbons (Fsp3) is 0.500. The van der Waals surface area contributed by atoms with Crippen molar-refractivity contribution in [2.45, 2.75) is 6.10 Å². The van der Waals surface area contributed by atoms with E-state index in [4.69, 9.17) is 22.1 Å². The molecule has 1 unspecified atom stereocenters. The quantitative estimate of drug-likeness (QED) is 0.443. The Bertz CT molecular complexity index is 469. The van der Waals surface area contributed by atoms with Crippen LogP contribution in [-0.4, -0.2) is 49.1 Å². The zero-order valence-corrected chi connectivity index (χ0v) is 15.9. The molecule has 0 aromatic heterocycles. The van der Waals surface area contributed by atoms with E-state index in [9.17, 15) is 0 Å². The van der Waals surface area contributed by atoms with Crippen LogP contribution in [-0.2, 0) is 4.74 Å². The molecule has 4 nitrogen and oxygen atoms in total. The van der Waals surface area contributed by atoms with Gasteiger partial charge < -0.3 is 15.4 Å². The fourth-order valence-corrected chi connectivity index (χ4v) is 3.19. The molecule has 1 atom stereocenters. The highest BCUT2D eigenvalue weighted by atomic mass is 127. The van der Waals surface area contributed by atoms with Crippen molar-refractivity contribution in [3.05, 3.63) is 34.9 Å². The van der Waals surface area contributed by atoms with Crippen molar-refractivity contribution in [2.75, 3.05) is 38.2 Å². The molecule has 0 bridgehead atoms. The number of aliphatic imine (C=N–C) groups is 1. The van der Waals surface area contributed by atoms with Crippen molar-refractivity contribution in [2.24, 2.45) is 10.7 Å². The van der Waals surface area contributed by atoms with Crippen LogP contribution < -0.4 is 5.73 Å². The third-order valence-corrected chi connectivity index (χ3v) is 4.44. The van der Waals surface area contributed by atoms with Crippen LogP contribution in [0.5, 0.6) is 0 Å². The van der Waals surface area contributed by atoms with Gasteiger partial charge in [0, 0.05) is 36.7 Å². The molecule has 1 aromatic carbocycles. The first-order chi connectivity index (χ1) is 9.70. The molecule has 1 fully saturated rings. The highest BCUT2D eigenvalue weighted by Crippen LogP contribution is 2.20. The number of methoxy groups -OCH3 is 1. The third kappa shape index (κ3) is 5.84. The lowest BCUT2D eigenvalue weighted by Gasteiger charge is -2.27. The van der Waals surface area contributed by atoms with Crippen LogP contribution in [0.3, 0.4) is 0 Å². The van der Waals surface area contributed by atoms with Gasteiger partial charge in [0.05, 0.1) is 6.54 Å². The molecule has 0 amide bonds. The molecule has 0 aliphatic carbocycles. The molecule has 0 radical (unpaired) electrons. The van der Waals surface area contributed by atoms with Crippen LogP contribution in [0, 0.1) is 0 Å². The Morgan fingerprint density at radius 3 is 2.81 bits per heavy atom. The zero-order valence-electron chi connectivity index (χ0n) is 12.0. The Morgan fingerprint density at radius 2 is 2.19 bits per heavy atom. The number of nitrogens with zero attached hydrogens (tertiary/aromatic N) is 2. The van der Waals surface area contributed by atoms with E-state index in [1.165, 1.54) is 0 Å². The standard InChI is InChI=1S/C14H20ClN3OS.HI/c1-19-13(11-3-2-4-12(15)9-11)10-17-14(16)18-5-7-20-8-6-18;/h2-4,9,13H,5-8,10H2,1H3,(H2,16,17);1H. The summed E-state index contributed by atoms with van der Waals surface area (Å²) >= 11 is 7.96. The smallest absolute Gasteiger partial charge is 0.191 e. The molecule has 1 aromatic rings. The molecule has 7 heteroatoms. The summed E-state index contributed by atoms with van der Waals surface area (Å²) in [4.78, 5) is 6.59. The second-order valence-corrected chi connectivity index (χ2v) is 6.24. The highest BCUT2D eigenvalue weighted by molar-refractivity contribution is 14.0. The van der Waals surface area contributed by atoms with Gasteiger partial charge in [-0.1, -0.05) is 23.7 Å². The monoisotopic (exact) mass is 441 g/mol. The van der Waals surface area contributed by atoms with Crippen molar-refractivity contribution >= 4 is 53.3 Å². The number of hydrogen-bond donors (Lipinski definition) is 1. The summed E-state index contributed by atoms with van der Waals surface area (Å²) in [5, 5.41) is 0.703. The van der Waals surface area contributed by atoms with Crippen molar-refractivity contribution in [3.63, 3.8) is 0 Å². The average molecular weight is 442 g/mol. The Morgan fingerprint density at radius 1 is 1.48 bits per heavy atom. The number of benzene rings is 1. The van der Waals surface area contributed by atoms with E-state index in [-0.39, 0.29) is 30.1 Å². The SMILES string of the molecule is COC(CN=C(N)N1CCSCC1)c1cccc(Cl)c1.I. The van der Waals surface area contributed by atoms with Gasteiger partial charge in [-0.05, 0) is 17.7 Å². The summed E-state index contributed by atoms with van der Waals surface area (Å²) in [6.45, 7) is 2.44. The summed E-state index contributed by atoms with van der Waals surface area (Å²) in [5.41, 5.74) is 7.06. The van der Waals surface area contributed by atoms with Gasteiger partial charge in [-0.15, -0.1) is 24.0 Å². The van der Waals surface area contributed by atoms with E-state index in [2.05, 4.69) is 9.89 Å². The Kier molecular flexibility index (Phi) is 8.77. The van der Waals surface area contributed by atoms with Crippen molar-refractivity contribution in [1.82, 2.24) is 4.90 Å². The van der Waals surface area contributed by atoms with Gasteiger partial charge in [0.1, 0.15) is 6.10 Å². The van der Waals surface area contributed by atoms with Gasteiger partial charge in [0.15, 0.2) is 5.96 Å². The van der Waals surface area contributed by atoms with Gasteiger partial charge in [0.25, 0.3) is 0 Å². The molecule has 1 aliphatic rings. The summed E-state index contributed by atoms with van der Waals surface area (Å²) in [5.74, 6) is 2.82. The fourth-order valence-electron chi connectivity index (χ4n) is 2.09. The highest BCUT2D eigenvalue weighted by Gasteiger charge is 2.14. The topological polar surface area (TPSA) is 50.9 Å². The first kappa shape index (κ1) is 18.9. The molecule has 0 spiro atoms. The molecule has 0 saturated carbocycles. The van der Waals surface area contributed by atoms with Crippen LogP contribution in [0.1, 0.15) is 11.7 Å². The number of nitrogens with two attached hydrogens (primary N) is 1. The normalized spacial score (nSPS) is 17.2. The van der Waals surface area contributed by atoms with Gasteiger partial charge in [-0.2, -0.15) is 11.8 Å². The van der Waals surface area contributed by atoms with Crippen molar-refractivity contribution in [1.29, 1.82) is 0 Å². The van der Waals surface area contributed by atoms with Crippen LogP contribution in [0.4, 0.5) is 0 Å². The Labute approximate surface area is 152 Å². The van der Waals surface area contributed by atoms with E-state index in [1.807, 2.05) is 36.0 Å². The maximum atomic E-state index is 6.04. The summed E-state index contributed by atoms with van der Waals surface area (Å²) < 4.78 is 5.49. The van der Waals surface area contributed by atoms with Crippen molar-refractivity contribution in [3.8, 4) is 0 Å². The average Bonchev–Trinajstić information content (AvgIpc) is 2.48. The molecule has 118 valence electrons. The van der Waals surface area contributed by atoms with Gasteiger partial charge in [-0.25, -0.2) is 0 Å². The van der Waals surface area contributed by atoms with Crippen LogP contribution in [0.25, 0.3) is 0 Å². The van der Waals surface area contributed by atoms with Gasteiger partial charge >= 0.3 is 0 Å². The number of guanidine groups is 1. The predicted octanol–water partition coefficient (Wildman–Crippen LogP) is 3.01. The van der Waals surface area contributed by atoms with E-state index in [0.717, 1.165) is 30.2 Å². The zero-order chi connectivity index (χ0) is 14.4. The Balaban J connectivity index is 0.00000220. The van der Waals surface area contributed by atoms with Crippen LogP contribution >= 0.6 is 47.3 Å². The molecular weight excluding hydrogens is 421 g/mol. The van der Waals surface area contributed by atoms with E-state index >= 15 is 0 Å². The van der Waals surface area contributed by atoms with Gasteiger partial charge in [0.2, 0.25) is 0 Å². The summed E-state index contributed by atoms with van der Waals surface area (Å²) in [6.07, 6.45) is -0.119. The molecule has 2 N–H and O–H groups in total. The summed E-state index contributed by atoms with van der Waals surface area (Å²) in [6, 6.07) is 7.65. The molecule has 21 heavy (non-hydrogen) atoms. The molecular formula is C14H21ClIN3OS. The van der Waals surface area contributed by atoms with E-state index in [1.54, 1.807) is 7.11 Å². The number of thioether (sulfide) groups is 1. The van der Waals surface area contributed by atoms with E-state index < -0.39 is 0 Å². The molecule has 1 aliphatic heterocycles. The largest absolute Gasteiger partial charge is 0.375 e. The lowest BCUT2D eigenvalue weighted by atomic mass is 10.1. The summed E-state index contributed by atoms with van der Waals surface area (Å²) in [7, 11) is 1.68. The minimum Gasteiger partial charge on any atom is -0.375 e. The first-order valence-corrected chi connectivity index (χ1v) is 8.15. The minimum atomic E-state index is -0.119. The molecule has 1 heterocycles. The maximum absolute atomic E-state index is 6.04. The third-order valence-electron chi connectivity index (χ3n) is 3.26. The molecule has 1 saturated heterocycles. The lowest BCUT2D eigenvalue weighted by molar-refractivity contribution is 0.110. The Hall–Kier alpha value is -0.180. The van der Waals surface area contributed by atoms with Crippen LogP contribution in [0.2, 0.25) is 5.02 Å². The van der Waals surface area contributed by atoms with Gasteiger partial charge in [-0.3, -0.25) is 4.99 Å². The second kappa shape index (κ2) is 9.76. The molecule has 2 rings (SSSR count). The number of rotatable bonds is 4. The first-order valence-electron chi connectivity index (χ1n) is 6.61. The predicted molar refractivity (Wildman–Crippen MR) is 102 cm³/mol. The lowest BCUT2D eigenvalue weighted by Crippen LogP contribution is -2.42. The second-order valence-electron chi connectivity index (χ2n) is 4.58. The maximum Gasteiger partial charge on any atom is 0.191 e. The van der Waals surface area contributed by atoms with Crippen LogP contribution in [0.15, 0.2) is 29.3 Å².